The number of carboxylic acid groups (broad SMARTS) is 2. The highest BCUT2D eigenvalue weighted by atomic mass is 19.4. The molecule has 0 aliphatic carbocycles. The number of aromatic nitrogens is 3. The molecule has 0 radical (unpaired) electrons. The molecule has 3 heterocycles. The summed E-state index contributed by atoms with van der Waals surface area (Å²) in [5.74, 6) is -4.82. The molecule has 1 aromatic rings. The number of hydrogen-bond acceptors (Lipinski definition) is 7. The van der Waals surface area contributed by atoms with Gasteiger partial charge in [-0.3, -0.25) is 9.58 Å². The fraction of sp³-hybridized carbons (Fsp3) is 0.789. The molecule has 2 saturated heterocycles. The first-order valence-corrected chi connectivity index (χ1v) is 10.6. The van der Waals surface area contributed by atoms with Gasteiger partial charge in [0.15, 0.2) is 0 Å². The van der Waals surface area contributed by atoms with Crippen LogP contribution in [0.15, 0.2) is 6.20 Å². The lowest BCUT2D eigenvalue weighted by Gasteiger charge is -2.37. The van der Waals surface area contributed by atoms with Crippen molar-refractivity contribution in [1.82, 2.24) is 25.2 Å². The van der Waals surface area contributed by atoms with E-state index < -0.39 is 24.3 Å². The predicted octanol–water partition coefficient (Wildman–Crippen LogP) is 2.16. The second-order valence-corrected chi connectivity index (χ2v) is 8.57. The van der Waals surface area contributed by atoms with Gasteiger partial charge in [0, 0.05) is 32.4 Å². The third-order valence-corrected chi connectivity index (χ3v) is 4.81. The number of aliphatic carboxylic acids is 2. The second-order valence-electron chi connectivity index (χ2n) is 8.57. The summed E-state index contributed by atoms with van der Waals surface area (Å²) in [6, 6.07) is 0. The fourth-order valence-electron chi connectivity index (χ4n) is 3.32. The van der Waals surface area contributed by atoms with Crippen molar-refractivity contribution >= 4 is 11.9 Å². The Morgan fingerprint density at radius 2 is 1.74 bits per heavy atom. The molecule has 10 nitrogen and oxygen atoms in total. The number of piperidine rings is 1. The molecule has 0 amide bonds. The van der Waals surface area contributed by atoms with E-state index in [0.29, 0.717) is 5.92 Å². The lowest BCUT2D eigenvalue weighted by Crippen LogP contribution is -2.47. The van der Waals surface area contributed by atoms with Gasteiger partial charge < -0.3 is 20.3 Å². The molecule has 1 atom stereocenters. The van der Waals surface area contributed by atoms with Crippen LogP contribution in [0.4, 0.5) is 26.3 Å². The van der Waals surface area contributed by atoms with E-state index in [1.54, 1.807) is 0 Å². The Bertz CT molecular complexity index is 785. The highest BCUT2D eigenvalue weighted by molar-refractivity contribution is 5.73. The third-order valence-electron chi connectivity index (χ3n) is 4.81. The van der Waals surface area contributed by atoms with Gasteiger partial charge in [0.05, 0.1) is 17.9 Å². The van der Waals surface area contributed by atoms with Crippen molar-refractivity contribution in [3.05, 3.63) is 11.9 Å². The highest BCUT2D eigenvalue weighted by Crippen LogP contribution is 2.18. The van der Waals surface area contributed by atoms with Crippen molar-refractivity contribution in [2.45, 2.75) is 57.7 Å². The minimum Gasteiger partial charge on any atom is -0.475 e. The smallest absolute Gasteiger partial charge is 0.475 e. The predicted molar refractivity (Wildman–Crippen MR) is 108 cm³/mol. The van der Waals surface area contributed by atoms with Gasteiger partial charge in [0.1, 0.15) is 0 Å². The van der Waals surface area contributed by atoms with Gasteiger partial charge in [-0.1, -0.05) is 5.21 Å². The standard InChI is InChI=1S/C15H27N5O.2C2HF3O2/c1-15(2)12-19(6-7-21-15)10-14-11-20(18-17-14)9-13-4-3-5-16-8-13;2*3-2(4,5)1(6)7/h11,13,16H,3-10,12H2,1-2H3;2*(H,6,7). The minimum atomic E-state index is -5.08. The van der Waals surface area contributed by atoms with Crippen molar-refractivity contribution in [1.29, 1.82) is 0 Å². The molecule has 3 rings (SSSR count). The summed E-state index contributed by atoms with van der Waals surface area (Å²) in [4.78, 5) is 20.2. The lowest BCUT2D eigenvalue weighted by atomic mass is 10.00. The van der Waals surface area contributed by atoms with E-state index in [9.17, 15) is 26.3 Å². The van der Waals surface area contributed by atoms with E-state index in [2.05, 4.69) is 40.6 Å². The van der Waals surface area contributed by atoms with E-state index in [4.69, 9.17) is 24.5 Å². The molecule has 0 spiro atoms. The summed E-state index contributed by atoms with van der Waals surface area (Å²) in [5, 5.41) is 26.3. The van der Waals surface area contributed by atoms with Crippen molar-refractivity contribution in [2.75, 3.05) is 32.8 Å². The maximum Gasteiger partial charge on any atom is 0.490 e. The van der Waals surface area contributed by atoms with E-state index in [0.717, 1.165) is 51.6 Å². The Morgan fingerprint density at radius 3 is 2.20 bits per heavy atom. The number of rotatable bonds is 4. The number of halogens is 6. The number of carbonyl (C=O) groups is 2. The highest BCUT2D eigenvalue weighted by Gasteiger charge is 2.38. The number of ether oxygens (including phenoxy) is 1. The average molecular weight is 521 g/mol. The number of carboxylic acids is 2. The van der Waals surface area contributed by atoms with Crippen molar-refractivity contribution in [2.24, 2.45) is 5.92 Å². The molecule has 0 bridgehead atoms. The largest absolute Gasteiger partial charge is 0.490 e. The van der Waals surface area contributed by atoms with Crippen molar-refractivity contribution in [3.8, 4) is 0 Å². The third kappa shape index (κ3) is 12.7. The van der Waals surface area contributed by atoms with Gasteiger partial charge in [0.2, 0.25) is 0 Å². The van der Waals surface area contributed by atoms with Gasteiger partial charge in [0.25, 0.3) is 0 Å². The van der Waals surface area contributed by atoms with Crippen LogP contribution in [0.1, 0.15) is 32.4 Å². The lowest BCUT2D eigenvalue weighted by molar-refractivity contribution is -0.193. The Hall–Kier alpha value is -2.46. The molecule has 202 valence electrons. The number of nitrogens with zero attached hydrogens (tertiary/aromatic N) is 4. The molecule has 2 fully saturated rings. The zero-order chi connectivity index (χ0) is 26.9. The van der Waals surface area contributed by atoms with E-state index >= 15 is 0 Å². The van der Waals surface area contributed by atoms with Crippen LogP contribution in [0.2, 0.25) is 0 Å². The van der Waals surface area contributed by atoms with Gasteiger partial charge in [-0.2, -0.15) is 26.3 Å². The molecule has 16 heteroatoms. The normalized spacial score (nSPS) is 20.6. The van der Waals surface area contributed by atoms with Crippen LogP contribution in [0.3, 0.4) is 0 Å². The van der Waals surface area contributed by atoms with Crippen molar-refractivity contribution < 1.29 is 50.9 Å². The number of hydrogen-bond donors (Lipinski definition) is 3. The van der Waals surface area contributed by atoms with Gasteiger partial charge in [-0.05, 0) is 45.7 Å². The molecule has 2 aliphatic rings. The fourth-order valence-corrected chi connectivity index (χ4v) is 3.32. The van der Waals surface area contributed by atoms with E-state index in [1.165, 1.54) is 12.8 Å². The summed E-state index contributed by atoms with van der Waals surface area (Å²) in [6.45, 7) is 11.1. The Kier molecular flexibility index (Phi) is 11.4. The van der Waals surface area contributed by atoms with Crippen LogP contribution in [0, 0.1) is 5.92 Å². The quantitative estimate of drug-likeness (QED) is 0.511. The topological polar surface area (TPSA) is 130 Å². The summed E-state index contributed by atoms with van der Waals surface area (Å²) in [6.07, 6.45) is -5.49. The Morgan fingerprint density at radius 1 is 1.17 bits per heavy atom. The molecule has 1 unspecified atom stereocenters. The Labute approximate surface area is 197 Å². The Balaban J connectivity index is 0.000000362. The van der Waals surface area contributed by atoms with Crippen LogP contribution in [-0.2, 0) is 27.4 Å². The summed E-state index contributed by atoms with van der Waals surface area (Å²) in [5.41, 5.74) is 1.01. The zero-order valence-electron chi connectivity index (χ0n) is 19.2. The molecule has 3 N–H and O–H groups in total. The summed E-state index contributed by atoms with van der Waals surface area (Å²) < 4.78 is 71.2. The number of morpholine rings is 1. The first kappa shape index (κ1) is 30.6. The van der Waals surface area contributed by atoms with Crippen LogP contribution in [-0.4, -0.2) is 92.8 Å². The summed E-state index contributed by atoms with van der Waals surface area (Å²) >= 11 is 0. The van der Waals surface area contributed by atoms with Crippen LogP contribution < -0.4 is 5.32 Å². The molecule has 35 heavy (non-hydrogen) atoms. The minimum absolute atomic E-state index is 0.0536. The zero-order valence-corrected chi connectivity index (χ0v) is 19.2. The first-order chi connectivity index (χ1) is 16.0. The maximum absolute atomic E-state index is 10.6. The number of nitrogens with one attached hydrogen (secondary N) is 1. The molecule has 0 aromatic carbocycles. The average Bonchev–Trinajstić information content (AvgIpc) is 3.14. The maximum atomic E-state index is 10.6. The van der Waals surface area contributed by atoms with Crippen molar-refractivity contribution in [3.63, 3.8) is 0 Å². The molecular formula is C19H29F6N5O5. The van der Waals surface area contributed by atoms with Gasteiger partial charge >= 0.3 is 24.3 Å². The van der Waals surface area contributed by atoms with E-state index in [-0.39, 0.29) is 5.60 Å². The van der Waals surface area contributed by atoms with E-state index in [1.807, 2.05) is 4.68 Å². The SMILES string of the molecule is CC1(C)CN(Cc2cn(CC3CCCNC3)nn2)CCO1.O=C(O)C(F)(F)F.O=C(O)C(F)(F)F. The molecule has 1 aromatic heterocycles. The summed E-state index contributed by atoms with van der Waals surface area (Å²) in [7, 11) is 0. The molecule has 2 aliphatic heterocycles. The van der Waals surface area contributed by atoms with Gasteiger partial charge in [-0.15, -0.1) is 5.10 Å². The van der Waals surface area contributed by atoms with Crippen LogP contribution >= 0.6 is 0 Å². The second kappa shape index (κ2) is 13.0. The molecular weight excluding hydrogens is 492 g/mol. The van der Waals surface area contributed by atoms with Gasteiger partial charge in [-0.25, -0.2) is 9.59 Å². The first-order valence-electron chi connectivity index (χ1n) is 10.6. The van der Waals surface area contributed by atoms with Crippen LogP contribution in [0.25, 0.3) is 0 Å². The monoisotopic (exact) mass is 521 g/mol. The molecule has 0 saturated carbocycles. The number of alkyl halides is 6. The van der Waals surface area contributed by atoms with Crippen LogP contribution in [0.5, 0.6) is 0 Å².